The fraction of sp³-hybridized carbons (Fsp3) is 0.750. The van der Waals surface area contributed by atoms with Crippen LogP contribution in [-0.2, 0) is 5.41 Å². The second-order valence-electron chi connectivity index (χ2n) is 8.31. The van der Waals surface area contributed by atoms with Crippen LogP contribution in [0.2, 0.25) is 0 Å². The lowest BCUT2D eigenvalue weighted by molar-refractivity contribution is 0.141. The van der Waals surface area contributed by atoms with Gasteiger partial charge in [0.2, 0.25) is 0 Å². The van der Waals surface area contributed by atoms with Crippen LogP contribution in [0.5, 0.6) is 5.75 Å². The lowest BCUT2D eigenvalue weighted by atomic mass is 9.87. The molecule has 2 aliphatic rings. The molecule has 0 spiro atoms. The fourth-order valence-corrected chi connectivity index (χ4v) is 4.08. The van der Waals surface area contributed by atoms with Gasteiger partial charge in [0, 0.05) is 37.0 Å². The fourth-order valence-electron chi connectivity index (χ4n) is 4.08. The van der Waals surface area contributed by atoms with Crippen molar-refractivity contribution < 1.29 is 4.74 Å². The van der Waals surface area contributed by atoms with E-state index in [0.29, 0.717) is 0 Å². The highest BCUT2D eigenvalue weighted by Gasteiger charge is 2.27. The number of rotatable bonds is 3. The zero-order valence-electron chi connectivity index (χ0n) is 15.8. The van der Waals surface area contributed by atoms with Crippen LogP contribution in [0.4, 0.5) is 5.82 Å². The van der Waals surface area contributed by atoms with Crippen LogP contribution in [0.1, 0.15) is 58.4 Å². The predicted octanol–water partition coefficient (Wildman–Crippen LogP) is 3.84. The van der Waals surface area contributed by atoms with Crippen molar-refractivity contribution in [2.24, 2.45) is 0 Å². The minimum Gasteiger partial charge on any atom is -0.496 e. The summed E-state index contributed by atoms with van der Waals surface area (Å²) in [6, 6.07) is 2.90. The molecule has 0 amide bonds. The highest BCUT2D eigenvalue weighted by molar-refractivity contribution is 5.49. The first-order chi connectivity index (χ1) is 11.5. The topological polar surface area (TPSA) is 28.6 Å². The number of pyridine rings is 1. The van der Waals surface area contributed by atoms with E-state index in [0.717, 1.165) is 30.7 Å². The minimum absolute atomic E-state index is 0.0537. The summed E-state index contributed by atoms with van der Waals surface area (Å²) in [6.07, 6.45) is 8.70. The van der Waals surface area contributed by atoms with Crippen molar-refractivity contribution in [3.63, 3.8) is 0 Å². The van der Waals surface area contributed by atoms with E-state index >= 15 is 0 Å². The maximum absolute atomic E-state index is 5.64. The molecule has 0 atom stereocenters. The summed E-state index contributed by atoms with van der Waals surface area (Å²) in [4.78, 5) is 9.89. The van der Waals surface area contributed by atoms with Crippen molar-refractivity contribution in [2.75, 3.05) is 38.2 Å². The average Bonchev–Trinajstić information content (AvgIpc) is 2.61. The smallest absolute Gasteiger partial charge is 0.132 e. The van der Waals surface area contributed by atoms with E-state index in [1.165, 1.54) is 50.8 Å². The van der Waals surface area contributed by atoms with Crippen molar-refractivity contribution >= 4 is 5.82 Å². The molecule has 0 unspecified atom stereocenters. The number of likely N-dealkylation sites (tertiary alicyclic amines) is 1. The van der Waals surface area contributed by atoms with Crippen LogP contribution >= 0.6 is 0 Å². The van der Waals surface area contributed by atoms with Gasteiger partial charge in [-0.05, 0) is 44.2 Å². The maximum atomic E-state index is 5.64. The van der Waals surface area contributed by atoms with Crippen LogP contribution in [0.3, 0.4) is 0 Å². The number of piperidine rings is 2. The van der Waals surface area contributed by atoms with E-state index in [-0.39, 0.29) is 5.41 Å². The Hall–Kier alpha value is -1.29. The molecule has 1 aromatic heterocycles. The molecule has 1 aromatic rings. The Morgan fingerprint density at radius 3 is 2.29 bits per heavy atom. The Labute approximate surface area is 147 Å². The molecule has 2 aliphatic heterocycles. The third-order valence-electron chi connectivity index (χ3n) is 5.58. The first-order valence-corrected chi connectivity index (χ1v) is 9.52. The second kappa shape index (κ2) is 7.30. The van der Waals surface area contributed by atoms with E-state index < -0.39 is 0 Å². The molecule has 4 heteroatoms. The SMILES string of the molecule is COc1cc(N2CCC(N3CCCCC3)CC2)ncc1C(C)(C)C. The first-order valence-electron chi connectivity index (χ1n) is 9.52. The van der Waals surface area contributed by atoms with Gasteiger partial charge >= 0.3 is 0 Å². The maximum Gasteiger partial charge on any atom is 0.132 e. The van der Waals surface area contributed by atoms with Gasteiger partial charge in [-0.3, -0.25) is 0 Å². The molecule has 0 aromatic carbocycles. The summed E-state index contributed by atoms with van der Waals surface area (Å²) >= 11 is 0. The van der Waals surface area contributed by atoms with Crippen LogP contribution in [-0.4, -0.2) is 49.2 Å². The normalized spacial score (nSPS) is 21.1. The second-order valence-corrected chi connectivity index (χ2v) is 8.31. The van der Waals surface area contributed by atoms with E-state index in [4.69, 9.17) is 9.72 Å². The predicted molar refractivity (Wildman–Crippen MR) is 100 cm³/mol. The summed E-state index contributed by atoms with van der Waals surface area (Å²) in [6.45, 7) is 11.4. The Bertz CT molecular complexity index is 538. The van der Waals surface area contributed by atoms with Gasteiger partial charge in [-0.2, -0.15) is 0 Å². The van der Waals surface area contributed by atoms with Gasteiger partial charge in [-0.15, -0.1) is 0 Å². The van der Waals surface area contributed by atoms with Crippen molar-refractivity contribution in [3.8, 4) is 5.75 Å². The van der Waals surface area contributed by atoms with Crippen molar-refractivity contribution in [1.29, 1.82) is 0 Å². The molecule has 2 fully saturated rings. The van der Waals surface area contributed by atoms with Crippen LogP contribution < -0.4 is 9.64 Å². The zero-order chi connectivity index (χ0) is 17.2. The number of anilines is 1. The summed E-state index contributed by atoms with van der Waals surface area (Å²) < 4.78 is 5.64. The molecule has 0 N–H and O–H groups in total. The van der Waals surface area contributed by atoms with E-state index in [9.17, 15) is 0 Å². The van der Waals surface area contributed by atoms with Gasteiger partial charge in [0.05, 0.1) is 7.11 Å². The van der Waals surface area contributed by atoms with Crippen molar-refractivity contribution in [2.45, 2.75) is 64.3 Å². The molecule has 0 aliphatic carbocycles. The number of ether oxygens (including phenoxy) is 1. The van der Waals surface area contributed by atoms with Crippen molar-refractivity contribution in [3.05, 3.63) is 17.8 Å². The lowest BCUT2D eigenvalue weighted by Gasteiger charge is -2.40. The number of methoxy groups -OCH3 is 1. The molecular formula is C20H33N3O. The molecule has 3 rings (SSSR count). The monoisotopic (exact) mass is 331 g/mol. The van der Waals surface area contributed by atoms with Gasteiger partial charge in [-0.1, -0.05) is 27.2 Å². The molecular weight excluding hydrogens is 298 g/mol. The van der Waals surface area contributed by atoms with E-state index in [1.807, 2.05) is 6.20 Å². The largest absolute Gasteiger partial charge is 0.496 e. The highest BCUT2D eigenvalue weighted by atomic mass is 16.5. The van der Waals surface area contributed by atoms with Gasteiger partial charge < -0.3 is 14.5 Å². The quantitative estimate of drug-likeness (QED) is 0.841. The lowest BCUT2D eigenvalue weighted by Crippen LogP contribution is -2.46. The van der Waals surface area contributed by atoms with Gasteiger partial charge in [0.25, 0.3) is 0 Å². The molecule has 2 saturated heterocycles. The van der Waals surface area contributed by atoms with Gasteiger partial charge in [0.1, 0.15) is 11.6 Å². The molecule has 3 heterocycles. The number of hydrogen-bond acceptors (Lipinski definition) is 4. The Morgan fingerprint density at radius 1 is 1.04 bits per heavy atom. The number of aromatic nitrogens is 1. The van der Waals surface area contributed by atoms with Gasteiger partial charge in [0.15, 0.2) is 0 Å². The average molecular weight is 332 g/mol. The first kappa shape index (κ1) is 17.5. The number of nitrogens with zero attached hydrogens (tertiary/aromatic N) is 3. The molecule has 4 nitrogen and oxygen atoms in total. The minimum atomic E-state index is 0.0537. The van der Waals surface area contributed by atoms with Crippen LogP contribution in [0.25, 0.3) is 0 Å². The van der Waals surface area contributed by atoms with E-state index in [2.05, 4.69) is 36.6 Å². The Kier molecular flexibility index (Phi) is 5.33. The molecule has 134 valence electrons. The Balaban J connectivity index is 1.65. The summed E-state index contributed by atoms with van der Waals surface area (Å²) in [5.41, 5.74) is 1.23. The van der Waals surface area contributed by atoms with Crippen LogP contribution in [0, 0.1) is 0 Å². The third-order valence-corrected chi connectivity index (χ3v) is 5.58. The third kappa shape index (κ3) is 3.85. The Morgan fingerprint density at radius 2 is 1.71 bits per heavy atom. The molecule has 0 saturated carbocycles. The molecule has 0 bridgehead atoms. The summed E-state index contributed by atoms with van der Waals surface area (Å²) in [7, 11) is 1.76. The molecule has 0 radical (unpaired) electrons. The summed E-state index contributed by atoms with van der Waals surface area (Å²) in [5, 5.41) is 0. The van der Waals surface area contributed by atoms with Crippen LogP contribution in [0.15, 0.2) is 12.3 Å². The highest BCUT2D eigenvalue weighted by Crippen LogP contribution is 2.33. The number of hydrogen-bond donors (Lipinski definition) is 0. The van der Waals surface area contributed by atoms with E-state index in [1.54, 1.807) is 7.11 Å². The molecule has 24 heavy (non-hydrogen) atoms. The standard InChI is InChI=1S/C20H33N3O/c1-20(2,3)17-15-21-19(14-18(17)24-4)23-12-8-16(9-13-23)22-10-6-5-7-11-22/h14-16H,5-13H2,1-4H3. The summed E-state index contributed by atoms with van der Waals surface area (Å²) in [5.74, 6) is 2.03. The van der Waals surface area contributed by atoms with Gasteiger partial charge in [-0.25, -0.2) is 4.98 Å². The van der Waals surface area contributed by atoms with Crippen molar-refractivity contribution in [1.82, 2.24) is 9.88 Å². The zero-order valence-corrected chi connectivity index (χ0v) is 15.8.